The molecule has 0 spiro atoms. The molecule has 1 aromatic rings. The van der Waals surface area contributed by atoms with Crippen molar-refractivity contribution >= 4 is 11.3 Å². The van der Waals surface area contributed by atoms with E-state index in [1.54, 1.807) is 11.3 Å². The molecule has 3 heteroatoms. The molecule has 1 N–H and O–H groups in total. The van der Waals surface area contributed by atoms with E-state index in [1.807, 2.05) is 7.05 Å². The van der Waals surface area contributed by atoms with E-state index >= 15 is 0 Å². The van der Waals surface area contributed by atoms with E-state index in [9.17, 15) is 0 Å². The SMILES string of the molecule is CCC(CNC)N(C)Cc1ccsc1. The van der Waals surface area contributed by atoms with Gasteiger partial charge in [0.15, 0.2) is 0 Å². The molecular formula is C11H20N2S. The Hall–Kier alpha value is -0.380. The molecular weight excluding hydrogens is 192 g/mol. The highest BCUT2D eigenvalue weighted by Crippen LogP contribution is 2.11. The van der Waals surface area contributed by atoms with Crippen LogP contribution < -0.4 is 5.32 Å². The van der Waals surface area contributed by atoms with Crippen LogP contribution in [0, 0.1) is 0 Å². The Morgan fingerprint density at radius 3 is 2.86 bits per heavy atom. The number of nitrogens with one attached hydrogen (secondary N) is 1. The van der Waals surface area contributed by atoms with Gasteiger partial charge in [0, 0.05) is 19.1 Å². The lowest BCUT2D eigenvalue weighted by Crippen LogP contribution is -2.38. The van der Waals surface area contributed by atoms with Gasteiger partial charge in [-0.1, -0.05) is 6.92 Å². The average molecular weight is 212 g/mol. The van der Waals surface area contributed by atoms with Crippen LogP contribution in [-0.4, -0.2) is 31.6 Å². The van der Waals surface area contributed by atoms with E-state index in [2.05, 4.69) is 41.0 Å². The van der Waals surface area contributed by atoms with Crippen molar-refractivity contribution in [2.75, 3.05) is 20.6 Å². The fourth-order valence-corrected chi connectivity index (χ4v) is 2.31. The minimum atomic E-state index is 0.639. The van der Waals surface area contributed by atoms with E-state index in [0.717, 1.165) is 13.1 Å². The highest BCUT2D eigenvalue weighted by molar-refractivity contribution is 7.07. The molecule has 2 nitrogen and oxygen atoms in total. The zero-order valence-electron chi connectivity index (χ0n) is 9.29. The van der Waals surface area contributed by atoms with Crippen molar-refractivity contribution in [1.29, 1.82) is 0 Å². The van der Waals surface area contributed by atoms with Gasteiger partial charge in [-0.25, -0.2) is 0 Å². The number of likely N-dealkylation sites (N-methyl/N-ethyl adjacent to an activating group) is 2. The molecule has 1 rings (SSSR count). The summed E-state index contributed by atoms with van der Waals surface area (Å²) >= 11 is 1.77. The second kappa shape index (κ2) is 6.17. The van der Waals surface area contributed by atoms with Gasteiger partial charge in [-0.3, -0.25) is 4.90 Å². The third-order valence-corrected chi connectivity index (χ3v) is 3.28. The average Bonchev–Trinajstić information content (AvgIpc) is 2.66. The number of hydrogen-bond donors (Lipinski definition) is 1. The Morgan fingerprint density at radius 2 is 2.36 bits per heavy atom. The smallest absolute Gasteiger partial charge is 0.0242 e. The summed E-state index contributed by atoms with van der Waals surface area (Å²) in [5, 5.41) is 7.61. The fraction of sp³-hybridized carbons (Fsp3) is 0.636. The van der Waals surface area contributed by atoms with E-state index in [4.69, 9.17) is 0 Å². The summed E-state index contributed by atoms with van der Waals surface area (Å²) in [5.41, 5.74) is 1.42. The van der Waals surface area contributed by atoms with Gasteiger partial charge in [0.1, 0.15) is 0 Å². The van der Waals surface area contributed by atoms with Gasteiger partial charge in [-0.2, -0.15) is 11.3 Å². The molecule has 14 heavy (non-hydrogen) atoms. The highest BCUT2D eigenvalue weighted by Gasteiger charge is 2.11. The largest absolute Gasteiger partial charge is 0.318 e. The summed E-state index contributed by atoms with van der Waals surface area (Å²) in [6.07, 6.45) is 1.20. The zero-order valence-corrected chi connectivity index (χ0v) is 10.1. The van der Waals surface area contributed by atoms with E-state index in [0.29, 0.717) is 6.04 Å². The number of hydrogen-bond acceptors (Lipinski definition) is 3. The molecule has 80 valence electrons. The van der Waals surface area contributed by atoms with Crippen molar-refractivity contribution in [3.8, 4) is 0 Å². The van der Waals surface area contributed by atoms with Gasteiger partial charge in [-0.05, 0) is 42.9 Å². The first-order chi connectivity index (χ1) is 6.77. The quantitative estimate of drug-likeness (QED) is 0.777. The van der Waals surface area contributed by atoms with Gasteiger partial charge >= 0.3 is 0 Å². The summed E-state index contributed by atoms with van der Waals surface area (Å²) in [7, 11) is 4.21. The summed E-state index contributed by atoms with van der Waals surface area (Å²) in [5.74, 6) is 0. The standard InChI is InChI=1S/C11H20N2S/c1-4-11(7-12-2)13(3)8-10-5-6-14-9-10/h5-6,9,11-12H,4,7-8H2,1-3H3. The molecule has 1 heterocycles. The first-order valence-electron chi connectivity index (χ1n) is 5.13. The van der Waals surface area contributed by atoms with Gasteiger partial charge in [-0.15, -0.1) is 0 Å². The van der Waals surface area contributed by atoms with Crippen LogP contribution in [0.15, 0.2) is 16.8 Å². The van der Waals surface area contributed by atoms with Crippen molar-refractivity contribution in [3.05, 3.63) is 22.4 Å². The number of rotatable bonds is 6. The van der Waals surface area contributed by atoms with Crippen molar-refractivity contribution in [2.45, 2.75) is 25.9 Å². The molecule has 1 aromatic heterocycles. The van der Waals surface area contributed by atoms with Gasteiger partial charge in [0.2, 0.25) is 0 Å². The Morgan fingerprint density at radius 1 is 1.57 bits per heavy atom. The maximum atomic E-state index is 3.24. The summed E-state index contributed by atoms with van der Waals surface area (Å²) in [4.78, 5) is 2.42. The van der Waals surface area contributed by atoms with Crippen LogP contribution in [0.4, 0.5) is 0 Å². The Bertz CT molecular complexity index is 233. The first kappa shape index (κ1) is 11.7. The number of thiophene rings is 1. The molecule has 1 atom stereocenters. The third kappa shape index (κ3) is 3.40. The lowest BCUT2D eigenvalue weighted by Gasteiger charge is -2.26. The van der Waals surface area contributed by atoms with Crippen LogP contribution in [0.2, 0.25) is 0 Å². The van der Waals surface area contributed by atoms with Crippen molar-refractivity contribution in [1.82, 2.24) is 10.2 Å². The predicted octanol–water partition coefficient (Wildman–Crippen LogP) is 2.18. The summed E-state index contributed by atoms with van der Waals surface area (Å²) in [6.45, 7) is 4.37. The molecule has 0 saturated carbocycles. The molecule has 0 bridgehead atoms. The highest BCUT2D eigenvalue weighted by atomic mass is 32.1. The van der Waals surface area contributed by atoms with Gasteiger partial charge in [0.05, 0.1) is 0 Å². The molecule has 0 saturated heterocycles. The van der Waals surface area contributed by atoms with Crippen LogP contribution in [0.1, 0.15) is 18.9 Å². The molecule has 0 radical (unpaired) electrons. The maximum absolute atomic E-state index is 3.24. The Labute approximate surface area is 90.9 Å². The lowest BCUT2D eigenvalue weighted by atomic mass is 10.2. The van der Waals surface area contributed by atoms with E-state index in [-0.39, 0.29) is 0 Å². The van der Waals surface area contributed by atoms with Crippen LogP contribution in [0.5, 0.6) is 0 Å². The van der Waals surface area contributed by atoms with E-state index in [1.165, 1.54) is 12.0 Å². The third-order valence-electron chi connectivity index (χ3n) is 2.55. The second-order valence-corrected chi connectivity index (χ2v) is 4.45. The fourth-order valence-electron chi connectivity index (χ4n) is 1.65. The van der Waals surface area contributed by atoms with Crippen molar-refractivity contribution < 1.29 is 0 Å². The Kier molecular flexibility index (Phi) is 5.15. The molecule has 0 amide bonds. The topological polar surface area (TPSA) is 15.3 Å². The number of nitrogens with zero attached hydrogens (tertiary/aromatic N) is 1. The van der Waals surface area contributed by atoms with Crippen LogP contribution in [0.25, 0.3) is 0 Å². The summed E-state index contributed by atoms with van der Waals surface area (Å²) < 4.78 is 0. The zero-order chi connectivity index (χ0) is 10.4. The van der Waals surface area contributed by atoms with Crippen LogP contribution >= 0.6 is 11.3 Å². The maximum Gasteiger partial charge on any atom is 0.0242 e. The summed E-state index contributed by atoms with van der Waals surface area (Å²) in [6, 6.07) is 2.84. The van der Waals surface area contributed by atoms with Crippen LogP contribution in [0.3, 0.4) is 0 Å². The first-order valence-corrected chi connectivity index (χ1v) is 6.08. The lowest BCUT2D eigenvalue weighted by molar-refractivity contribution is 0.225. The molecule has 0 aromatic carbocycles. The molecule has 0 aliphatic carbocycles. The predicted molar refractivity (Wildman–Crippen MR) is 63.8 cm³/mol. The second-order valence-electron chi connectivity index (χ2n) is 3.67. The van der Waals surface area contributed by atoms with Crippen molar-refractivity contribution in [3.63, 3.8) is 0 Å². The van der Waals surface area contributed by atoms with Gasteiger partial charge < -0.3 is 5.32 Å². The normalized spacial score (nSPS) is 13.4. The van der Waals surface area contributed by atoms with Crippen molar-refractivity contribution in [2.24, 2.45) is 0 Å². The minimum absolute atomic E-state index is 0.639. The molecule has 1 unspecified atom stereocenters. The monoisotopic (exact) mass is 212 g/mol. The molecule has 0 aliphatic heterocycles. The van der Waals surface area contributed by atoms with E-state index < -0.39 is 0 Å². The molecule has 0 aliphatic rings. The van der Waals surface area contributed by atoms with Gasteiger partial charge in [0.25, 0.3) is 0 Å². The molecule has 0 fully saturated rings. The van der Waals surface area contributed by atoms with Crippen LogP contribution in [-0.2, 0) is 6.54 Å². The minimum Gasteiger partial charge on any atom is -0.318 e. The Balaban J connectivity index is 2.43.